The van der Waals surface area contributed by atoms with E-state index in [1.165, 1.54) is 0 Å². The van der Waals surface area contributed by atoms with E-state index in [9.17, 15) is 4.79 Å². The normalized spacial score (nSPS) is 14.3. The summed E-state index contributed by atoms with van der Waals surface area (Å²) >= 11 is 1.65. The van der Waals surface area contributed by atoms with Crippen molar-refractivity contribution < 1.29 is 4.79 Å². The number of H-pyrrole nitrogens is 1. The second-order valence-electron chi connectivity index (χ2n) is 8.30. The van der Waals surface area contributed by atoms with Crippen molar-refractivity contribution in [1.82, 2.24) is 19.9 Å². The fourth-order valence-corrected chi connectivity index (χ4v) is 5.18. The summed E-state index contributed by atoms with van der Waals surface area (Å²) in [5.41, 5.74) is 4.11. The van der Waals surface area contributed by atoms with E-state index in [2.05, 4.69) is 33.5 Å². The number of thiophene rings is 1. The van der Waals surface area contributed by atoms with E-state index < -0.39 is 0 Å². The summed E-state index contributed by atoms with van der Waals surface area (Å²) in [6.45, 7) is 2.88. The molecule has 6 rings (SSSR count). The van der Waals surface area contributed by atoms with Gasteiger partial charge in [0.15, 0.2) is 5.82 Å². The number of benzene rings is 2. The molecule has 0 saturated carbocycles. The molecular weight excluding hydrogens is 430 g/mol. The van der Waals surface area contributed by atoms with Crippen molar-refractivity contribution in [1.29, 1.82) is 0 Å². The third-order valence-electron chi connectivity index (χ3n) is 6.31. The summed E-state index contributed by atoms with van der Waals surface area (Å²) in [6, 6.07) is 18.3. The van der Waals surface area contributed by atoms with Crippen LogP contribution < -0.4 is 4.90 Å². The fourth-order valence-electron chi connectivity index (χ4n) is 4.54. The van der Waals surface area contributed by atoms with Gasteiger partial charge in [-0.05, 0) is 35.2 Å². The van der Waals surface area contributed by atoms with E-state index >= 15 is 0 Å². The van der Waals surface area contributed by atoms with E-state index in [1.807, 2.05) is 52.9 Å². The van der Waals surface area contributed by atoms with Gasteiger partial charge in [0.25, 0.3) is 0 Å². The number of fused-ring (bicyclic) bond motifs is 2. The van der Waals surface area contributed by atoms with Gasteiger partial charge >= 0.3 is 0 Å². The summed E-state index contributed by atoms with van der Waals surface area (Å²) in [5, 5.41) is 6.30. The van der Waals surface area contributed by atoms with Gasteiger partial charge < -0.3 is 14.8 Å². The number of carbonyl (C=O) groups excluding carboxylic acids is 1. The number of anilines is 1. The molecule has 6 nitrogen and oxygen atoms in total. The minimum Gasteiger partial charge on any atom is -0.361 e. The number of amides is 1. The van der Waals surface area contributed by atoms with Gasteiger partial charge in [0.05, 0.1) is 11.9 Å². The molecule has 4 heterocycles. The van der Waals surface area contributed by atoms with Crippen LogP contribution in [-0.4, -0.2) is 51.9 Å². The number of para-hydroxylation sites is 2. The number of hydrogen-bond donors (Lipinski definition) is 1. The van der Waals surface area contributed by atoms with Crippen LogP contribution in [0.15, 0.2) is 71.6 Å². The van der Waals surface area contributed by atoms with Gasteiger partial charge in [-0.15, -0.1) is 0 Å². The van der Waals surface area contributed by atoms with Crippen LogP contribution in [0.1, 0.15) is 5.56 Å². The lowest BCUT2D eigenvalue weighted by Gasteiger charge is -2.36. The van der Waals surface area contributed by atoms with Gasteiger partial charge in [-0.1, -0.05) is 30.3 Å². The molecule has 1 saturated heterocycles. The van der Waals surface area contributed by atoms with Crippen molar-refractivity contribution in [3.05, 3.63) is 77.1 Å². The predicted molar refractivity (Wildman–Crippen MR) is 134 cm³/mol. The number of piperazine rings is 1. The largest absolute Gasteiger partial charge is 0.361 e. The minimum absolute atomic E-state index is 0.172. The number of rotatable bonds is 4. The summed E-state index contributed by atoms with van der Waals surface area (Å²) in [5.74, 6) is 1.87. The molecule has 0 radical (unpaired) electrons. The highest BCUT2D eigenvalue weighted by Crippen LogP contribution is 2.29. The Balaban J connectivity index is 1.21. The molecule has 7 heteroatoms. The monoisotopic (exact) mass is 453 g/mol. The lowest BCUT2D eigenvalue weighted by molar-refractivity contribution is -0.130. The van der Waals surface area contributed by atoms with E-state index in [4.69, 9.17) is 9.97 Å². The van der Waals surface area contributed by atoms with E-state index in [-0.39, 0.29) is 5.91 Å². The van der Waals surface area contributed by atoms with Crippen LogP contribution in [0.5, 0.6) is 0 Å². The lowest BCUT2D eigenvalue weighted by Crippen LogP contribution is -2.49. The Kier molecular flexibility index (Phi) is 5.03. The highest BCUT2D eigenvalue weighted by molar-refractivity contribution is 7.08. The van der Waals surface area contributed by atoms with Crippen LogP contribution in [0.2, 0.25) is 0 Å². The van der Waals surface area contributed by atoms with Crippen molar-refractivity contribution >= 4 is 44.9 Å². The molecule has 2 aromatic carbocycles. The third kappa shape index (κ3) is 3.74. The minimum atomic E-state index is 0.172. The van der Waals surface area contributed by atoms with Crippen molar-refractivity contribution in [3.63, 3.8) is 0 Å². The Morgan fingerprint density at radius 2 is 1.73 bits per heavy atom. The number of nitrogens with zero attached hydrogens (tertiary/aromatic N) is 4. The molecule has 0 bridgehead atoms. The van der Waals surface area contributed by atoms with Gasteiger partial charge in [0.2, 0.25) is 5.91 Å². The molecule has 1 aliphatic heterocycles. The molecule has 0 atom stereocenters. The van der Waals surface area contributed by atoms with Crippen molar-refractivity contribution in [3.8, 4) is 11.4 Å². The van der Waals surface area contributed by atoms with Gasteiger partial charge in [-0.2, -0.15) is 11.3 Å². The highest BCUT2D eigenvalue weighted by Gasteiger charge is 2.24. The number of aromatic nitrogens is 3. The Bertz CT molecular complexity index is 1430. The van der Waals surface area contributed by atoms with E-state index in [0.29, 0.717) is 19.5 Å². The SMILES string of the molecule is O=C(Cc1c[nH]c2ccccc12)N1CCN(c2nc(-c3ccsc3)nc3ccccc23)CC1. The van der Waals surface area contributed by atoms with Crippen molar-refractivity contribution in [2.24, 2.45) is 0 Å². The van der Waals surface area contributed by atoms with Gasteiger partial charge in [0, 0.05) is 59.6 Å². The highest BCUT2D eigenvalue weighted by atomic mass is 32.1. The molecule has 0 unspecified atom stereocenters. The molecule has 33 heavy (non-hydrogen) atoms. The average Bonchev–Trinajstić information content (AvgIpc) is 3.54. The lowest BCUT2D eigenvalue weighted by atomic mass is 10.1. The van der Waals surface area contributed by atoms with Crippen LogP contribution in [0, 0.1) is 0 Å². The van der Waals surface area contributed by atoms with Crippen molar-refractivity contribution in [2.45, 2.75) is 6.42 Å². The first-order valence-corrected chi connectivity index (χ1v) is 12.1. The van der Waals surface area contributed by atoms with Gasteiger partial charge in [-0.3, -0.25) is 4.79 Å². The maximum Gasteiger partial charge on any atom is 0.227 e. The number of aromatic amines is 1. The summed E-state index contributed by atoms with van der Waals surface area (Å²) in [7, 11) is 0. The first-order chi connectivity index (χ1) is 16.3. The maximum atomic E-state index is 13.0. The Hall–Kier alpha value is -3.71. The topological polar surface area (TPSA) is 65.1 Å². The second kappa shape index (κ2) is 8.33. The summed E-state index contributed by atoms with van der Waals surface area (Å²) in [4.78, 5) is 30.3. The van der Waals surface area contributed by atoms with Gasteiger partial charge in [0.1, 0.15) is 5.82 Å². The van der Waals surface area contributed by atoms with Crippen LogP contribution in [0.4, 0.5) is 5.82 Å². The Morgan fingerprint density at radius 3 is 2.55 bits per heavy atom. The molecule has 0 spiro atoms. The first-order valence-electron chi connectivity index (χ1n) is 11.1. The molecule has 5 aromatic rings. The first kappa shape index (κ1) is 19.9. The zero-order valence-electron chi connectivity index (χ0n) is 18.1. The molecular formula is C26H23N5OS. The second-order valence-corrected chi connectivity index (χ2v) is 9.08. The summed E-state index contributed by atoms with van der Waals surface area (Å²) in [6.07, 6.45) is 2.38. The van der Waals surface area contributed by atoms with Crippen LogP contribution in [0.3, 0.4) is 0 Å². The van der Waals surface area contributed by atoms with Crippen LogP contribution in [0.25, 0.3) is 33.2 Å². The Labute approximate surface area is 195 Å². The quantitative estimate of drug-likeness (QED) is 0.427. The fraction of sp³-hybridized carbons (Fsp3) is 0.192. The van der Waals surface area contributed by atoms with E-state index in [0.717, 1.165) is 57.7 Å². The molecule has 0 aliphatic carbocycles. The molecule has 1 N–H and O–H groups in total. The smallest absolute Gasteiger partial charge is 0.227 e. The maximum absolute atomic E-state index is 13.0. The van der Waals surface area contributed by atoms with Crippen molar-refractivity contribution in [2.75, 3.05) is 31.1 Å². The van der Waals surface area contributed by atoms with Gasteiger partial charge in [-0.25, -0.2) is 9.97 Å². The average molecular weight is 454 g/mol. The molecule has 1 amide bonds. The number of hydrogen-bond acceptors (Lipinski definition) is 5. The number of carbonyl (C=O) groups is 1. The summed E-state index contributed by atoms with van der Waals surface area (Å²) < 4.78 is 0. The zero-order chi connectivity index (χ0) is 22.2. The van der Waals surface area contributed by atoms with Crippen LogP contribution >= 0.6 is 11.3 Å². The molecule has 1 fully saturated rings. The third-order valence-corrected chi connectivity index (χ3v) is 6.99. The molecule has 3 aromatic heterocycles. The van der Waals surface area contributed by atoms with Crippen LogP contribution in [-0.2, 0) is 11.2 Å². The molecule has 164 valence electrons. The standard InChI is InChI=1S/C26H23N5OS/c32-24(15-19-16-27-22-7-3-1-5-20(19)22)30-10-12-31(13-11-30)26-21-6-2-4-8-23(21)28-25(29-26)18-9-14-33-17-18/h1-9,14,16-17,27H,10-13,15H2. The number of nitrogens with one attached hydrogen (secondary N) is 1. The predicted octanol–water partition coefficient (Wildman–Crippen LogP) is 4.73. The van der Waals surface area contributed by atoms with E-state index in [1.54, 1.807) is 11.3 Å². The Morgan fingerprint density at radius 1 is 0.939 bits per heavy atom. The molecule has 1 aliphatic rings. The zero-order valence-corrected chi connectivity index (χ0v) is 18.9.